The summed E-state index contributed by atoms with van der Waals surface area (Å²) in [5, 5.41) is 3.19. The molecule has 2 atom stereocenters. The molecule has 2 fully saturated rings. The van der Waals surface area contributed by atoms with Gasteiger partial charge in [0, 0.05) is 38.8 Å². The third-order valence-corrected chi connectivity index (χ3v) is 4.77. The molecule has 1 aromatic rings. The summed E-state index contributed by atoms with van der Waals surface area (Å²) < 4.78 is 5.79. The van der Waals surface area contributed by atoms with Gasteiger partial charge in [0.05, 0.1) is 6.61 Å². The zero-order valence-corrected chi connectivity index (χ0v) is 13.9. The number of likely N-dealkylation sites (tertiary alicyclic amines) is 1. The third kappa shape index (κ3) is 4.10. The van der Waals surface area contributed by atoms with E-state index in [-0.39, 0.29) is 12.0 Å². The second-order valence-corrected chi connectivity index (χ2v) is 6.47. The van der Waals surface area contributed by atoms with Crippen molar-refractivity contribution in [2.75, 3.05) is 39.8 Å². The summed E-state index contributed by atoms with van der Waals surface area (Å²) in [6, 6.07) is 10.7. The van der Waals surface area contributed by atoms with Gasteiger partial charge in [-0.1, -0.05) is 30.3 Å². The van der Waals surface area contributed by atoms with Crippen molar-refractivity contribution in [1.29, 1.82) is 0 Å². The molecular formula is C18H27N3O2. The summed E-state index contributed by atoms with van der Waals surface area (Å²) >= 11 is 0. The van der Waals surface area contributed by atoms with Crippen molar-refractivity contribution in [3.8, 4) is 0 Å². The smallest absolute Gasteiger partial charge is 0.253 e. The standard InChI is InChI=1S/C18H27N3O2/c1-19-12-16-8-5-9-21(16)18(22)17-14-20(10-11-23-17)13-15-6-3-2-4-7-15/h2-4,6-7,16-17,19H,5,8-14H2,1H3/t16-,17+/m0/s1. The van der Waals surface area contributed by atoms with Gasteiger partial charge in [0.1, 0.15) is 6.10 Å². The van der Waals surface area contributed by atoms with Crippen molar-refractivity contribution in [3.63, 3.8) is 0 Å². The summed E-state index contributed by atoms with van der Waals surface area (Å²) in [6.07, 6.45) is 1.87. The first kappa shape index (κ1) is 16.4. The molecule has 2 heterocycles. The molecule has 1 amide bonds. The lowest BCUT2D eigenvalue weighted by molar-refractivity contribution is -0.150. The van der Waals surface area contributed by atoms with Crippen LogP contribution in [0.1, 0.15) is 18.4 Å². The van der Waals surface area contributed by atoms with Crippen LogP contribution in [0, 0.1) is 0 Å². The van der Waals surface area contributed by atoms with Gasteiger partial charge in [0.15, 0.2) is 0 Å². The van der Waals surface area contributed by atoms with E-state index >= 15 is 0 Å². The summed E-state index contributed by atoms with van der Waals surface area (Å²) in [7, 11) is 1.94. The van der Waals surface area contributed by atoms with Crippen LogP contribution < -0.4 is 5.32 Å². The molecule has 0 radical (unpaired) electrons. The van der Waals surface area contributed by atoms with Gasteiger partial charge in [-0.05, 0) is 25.5 Å². The van der Waals surface area contributed by atoms with E-state index in [9.17, 15) is 4.79 Å². The molecule has 0 spiro atoms. The van der Waals surface area contributed by atoms with Gasteiger partial charge < -0.3 is 15.0 Å². The van der Waals surface area contributed by atoms with E-state index in [1.807, 2.05) is 18.0 Å². The lowest BCUT2D eigenvalue weighted by Gasteiger charge is -2.35. The Morgan fingerprint density at radius 3 is 2.91 bits per heavy atom. The Bertz CT molecular complexity index is 508. The fourth-order valence-electron chi connectivity index (χ4n) is 3.60. The van der Waals surface area contributed by atoms with E-state index in [1.54, 1.807) is 0 Å². The molecular weight excluding hydrogens is 290 g/mol. The monoisotopic (exact) mass is 317 g/mol. The van der Waals surface area contributed by atoms with Gasteiger partial charge in [-0.2, -0.15) is 0 Å². The van der Waals surface area contributed by atoms with Crippen molar-refractivity contribution < 1.29 is 9.53 Å². The highest BCUT2D eigenvalue weighted by molar-refractivity contribution is 5.82. The molecule has 23 heavy (non-hydrogen) atoms. The zero-order valence-electron chi connectivity index (χ0n) is 13.9. The molecule has 3 rings (SSSR count). The Kier molecular flexibility index (Phi) is 5.65. The molecule has 2 aliphatic rings. The second-order valence-electron chi connectivity index (χ2n) is 6.47. The van der Waals surface area contributed by atoms with Crippen LogP contribution >= 0.6 is 0 Å². The SMILES string of the molecule is CNC[C@@H]1CCCN1C(=O)[C@H]1CN(Cc2ccccc2)CCO1. The number of likely N-dealkylation sites (N-methyl/N-ethyl adjacent to an activating group) is 1. The van der Waals surface area contributed by atoms with Gasteiger partial charge in [-0.3, -0.25) is 9.69 Å². The van der Waals surface area contributed by atoms with Crippen LogP contribution in [0.25, 0.3) is 0 Å². The minimum Gasteiger partial charge on any atom is -0.366 e. The number of rotatable bonds is 5. The molecule has 0 aromatic heterocycles. The predicted molar refractivity (Wildman–Crippen MR) is 90.1 cm³/mol. The van der Waals surface area contributed by atoms with E-state index in [0.717, 1.165) is 39.0 Å². The van der Waals surface area contributed by atoms with Gasteiger partial charge >= 0.3 is 0 Å². The summed E-state index contributed by atoms with van der Waals surface area (Å²) in [5.41, 5.74) is 1.29. The first-order valence-corrected chi connectivity index (χ1v) is 8.61. The highest BCUT2D eigenvalue weighted by atomic mass is 16.5. The lowest BCUT2D eigenvalue weighted by atomic mass is 10.1. The molecule has 0 aliphatic carbocycles. The summed E-state index contributed by atoms with van der Waals surface area (Å²) in [6.45, 7) is 4.83. The fraction of sp³-hybridized carbons (Fsp3) is 0.611. The maximum absolute atomic E-state index is 12.8. The molecule has 0 bridgehead atoms. The molecule has 2 saturated heterocycles. The van der Waals surface area contributed by atoms with E-state index in [0.29, 0.717) is 19.2 Å². The average molecular weight is 317 g/mol. The number of morpholine rings is 1. The van der Waals surface area contributed by atoms with Crippen LogP contribution in [0.3, 0.4) is 0 Å². The lowest BCUT2D eigenvalue weighted by Crippen LogP contribution is -2.53. The molecule has 126 valence electrons. The Morgan fingerprint density at radius 1 is 1.30 bits per heavy atom. The maximum Gasteiger partial charge on any atom is 0.253 e. The van der Waals surface area contributed by atoms with Crippen molar-refractivity contribution in [3.05, 3.63) is 35.9 Å². The van der Waals surface area contributed by atoms with Gasteiger partial charge in [-0.25, -0.2) is 0 Å². The summed E-state index contributed by atoms with van der Waals surface area (Å²) in [5.74, 6) is 0.167. The van der Waals surface area contributed by atoms with Crippen molar-refractivity contribution in [2.45, 2.75) is 31.5 Å². The first-order chi connectivity index (χ1) is 11.3. The van der Waals surface area contributed by atoms with Crippen molar-refractivity contribution >= 4 is 5.91 Å². The van der Waals surface area contributed by atoms with E-state index < -0.39 is 0 Å². The van der Waals surface area contributed by atoms with Crippen molar-refractivity contribution in [2.24, 2.45) is 0 Å². The summed E-state index contributed by atoms with van der Waals surface area (Å²) in [4.78, 5) is 17.2. The molecule has 5 heteroatoms. The predicted octanol–water partition coefficient (Wildman–Crippen LogP) is 1.10. The van der Waals surface area contributed by atoms with Crippen molar-refractivity contribution in [1.82, 2.24) is 15.1 Å². The number of carbonyl (C=O) groups excluding carboxylic acids is 1. The fourth-order valence-corrected chi connectivity index (χ4v) is 3.60. The Hall–Kier alpha value is -1.43. The minimum absolute atomic E-state index is 0.167. The van der Waals surface area contributed by atoms with Crippen LogP contribution in [-0.2, 0) is 16.1 Å². The Balaban J connectivity index is 1.58. The van der Waals surface area contributed by atoms with E-state index in [4.69, 9.17) is 4.74 Å². The number of carbonyl (C=O) groups is 1. The van der Waals surface area contributed by atoms with Gasteiger partial charge in [0.25, 0.3) is 5.91 Å². The first-order valence-electron chi connectivity index (χ1n) is 8.61. The number of nitrogens with one attached hydrogen (secondary N) is 1. The van der Waals surface area contributed by atoms with Crippen LogP contribution in [0.2, 0.25) is 0 Å². The van der Waals surface area contributed by atoms with Gasteiger partial charge in [-0.15, -0.1) is 0 Å². The van der Waals surface area contributed by atoms with Gasteiger partial charge in [0.2, 0.25) is 0 Å². The van der Waals surface area contributed by atoms with Crippen LogP contribution in [0.5, 0.6) is 0 Å². The molecule has 5 nitrogen and oxygen atoms in total. The second kappa shape index (κ2) is 7.90. The Labute approximate surface area is 138 Å². The number of hydrogen-bond donors (Lipinski definition) is 1. The molecule has 1 N–H and O–H groups in total. The van der Waals surface area contributed by atoms with Crippen LogP contribution in [0.15, 0.2) is 30.3 Å². The number of hydrogen-bond acceptors (Lipinski definition) is 4. The number of benzene rings is 1. The molecule has 0 saturated carbocycles. The third-order valence-electron chi connectivity index (χ3n) is 4.77. The average Bonchev–Trinajstić information content (AvgIpc) is 3.04. The zero-order chi connectivity index (χ0) is 16.1. The quantitative estimate of drug-likeness (QED) is 0.883. The molecule has 0 unspecified atom stereocenters. The molecule has 1 aromatic carbocycles. The number of ether oxygens (including phenoxy) is 1. The maximum atomic E-state index is 12.8. The van der Waals surface area contributed by atoms with E-state index in [1.165, 1.54) is 5.56 Å². The van der Waals surface area contributed by atoms with Crippen LogP contribution in [0.4, 0.5) is 0 Å². The number of nitrogens with zero attached hydrogens (tertiary/aromatic N) is 2. The number of amides is 1. The normalized spacial score (nSPS) is 25.7. The topological polar surface area (TPSA) is 44.8 Å². The highest BCUT2D eigenvalue weighted by Gasteiger charge is 2.35. The van der Waals surface area contributed by atoms with Crippen LogP contribution in [-0.4, -0.2) is 67.7 Å². The largest absolute Gasteiger partial charge is 0.366 e. The van der Waals surface area contributed by atoms with E-state index in [2.05, 4.69) is 34.5 Å². The Morgan fingerprint density at radius 2 is 2.13 bits per heavy atom. The minimum atomic E-state index is -0.315. The highest BCUT2D eigenvalue weighted by Crippen LogP contribution is 2.20. The molecule has 2 aliphatic heterocycles.